The summed E-state index contributed by atoms with van der Waals surface area (Å²) >= 11 is -1.37. The van der Waals surface area contributed by atoms with Crippen LogP contribution in [0.15, 0.2) is 11.4 Å². The summed E-state index contributed by atoms with van der Waals surface area (Å²) in [6.07, 6.45) is 2.64. The van der Waals surface area contributed by atoms with Gasteiger partial charge in [-0.15, -0.1) is 4.98 Å². The van der Waals surface area contributed by atoms with Crippen LogP contribution < -0.4 is 4.74 Å². The van der Waals surface area contributed by atoms with Crippen LogP contribution in [0.2, 0.25) is 0 Å². The second-order valence-corrected chi connectivity index (χ2v) is 6.02. The van der Waals surface area contributed by atoms with E-state index in [1.807, 2.05) is 6.07 Å². The summed E-state index contributed by atoms with van der Waals surface area (Å²) in [5.74, 6) is 0.0416. The van der Waals surface area contributed by atoms with E-state index >= 15 is 0 Å². The Morgan fingerprint density at radius 1 is 1.70 bits per heavy atom. The molecule has 1 saturated heterocycles. The van der Waals surface area contributed by atoms with Gasteiger partial charge in [0.1, 0.15) is 29.6 Å². The Labute approximate surface area is 119 Å². The van der Waals surface area contributed by atoms with Gasteiger partial charge in [0.2, 0.25) is 5.88 Å². The molecule has 0 saturated carbocycles. The standard InChI is InChI=1S/C12H15N3O4S/c1-12(16)7-18-4-3-9(12)19-10-8(5-13)6-14-11(15-10)20(2)17/h6,9,16H,3-4,7H2,1-2H3. The molecule has 1 fully saturated rings. The lowest BCUT2D eigenvalue weighted by Crippen LogP contribution is -2.51. The van der Waals surface area contributed by atoms with Crippen LogP contribution >= 0.6 is 0 Å². The van der Waals surface area contributed by atoms with Crippen LogP contribution in [0.1, 0.15) is 18.9 Å². The first-order valence-corrected chi connectivity index (χ1v) is 7.57. The van der Waals surface area contributed by atoms with E-state index in [1.165, 1.54) is 12.5 Å². The minimum Gasteiger partial charge on any atom is -0.609 e. The molecule has 1 aromatic rings. The minimum absolute atomic E-state index is 0.0416. The summed E-state index contributed by atoms with van der Waals surface area (Å²) in [5.41, 5.74) is -1.02. The normalized spacial score (nSPS) is 27.6. The summed E-state index contributed by atoms with van der Waals surface area (Å²) < 4.78 is 22.2. The van der Waals surface area contributed by atoms with Gasteiger partial charge in [-0.1, -0.05) is 0 Å². The number of hydrogen-bond donors (Lipinski definition) is 1. The molecule has 0 bridgehead atoms. The predicted molar refractivity (Wildman–Crippen MR) is 69.6 cm³/mol. The lowest BCUT2D eigenvalue weighted by Gasteiger charge is -2.36. The molecular weight excluding hydrogens is 282 g/mol. The third-order valence-electron chi connectivity index (χ3n) is 2.98. The number of ether oxygens (including phenoxy) is 2. The Morgan fingerprint density at radius 2 is 2.45 bits per heavy atom. The third kappa shape index (κ3) is 3.19. The van der Waals surface area contributed by atoms with E-state index in [1.54, 1.807) is 6.92 Å². The minimum atomic E-state index is -1.37. The molecule has 1 aromatic heterocycles. The fourth-order valence-electron chi connectivity index (χ4n) is 1.85. The van der Waals surface area contributed by atoms with Gasteiger partial charge in [0, 0.05) is 17.6 Å². The summed E-state index contributed by atoms with van der Waals surface area (Å²) in [6, 6.07) is 1.92. The largest absolute Gasteiger partial charge is 0.609 e. The lowest BCUT2D eigenvalue weighted by atomic mass is 9.95. The Kier molecular flexibility index (Phi) is 4.45. The van der Waals surface area contributed by atoms with Crippen molar-refractivity contribution < 1.29 is 19.1 Å². The van der Waals surface area contributed by atoms with Gasteiger partial charge in [-0.25, -0.2) is 0 Å². The zero-order valence-corrected chi connectivity index (χ0v) is 12.0. The second-order valence-electron chi connectivity index (χ2n) is 4.74. The Hall–Kier alpha value is -1.40. The van der Waals surface area contributed by atoms with E-state index in [0.29, 0.717) is 13.0 Å². The molecular formula is C12H15N3O4S. The van der Waals surface area contributed by atoms with Crippen molar-refractivity contribution in [2.45, 2.75) is 30.2 Å². The number of hydrogen-bond acceptors (Lipinski definition) is 7. The first-order chi connectivity index (χ1) is 9.44. The molecule has 1 N–H and O–H groups in total. The molecule has 3 atom stereocenters. The van der Waals surface area contributed by atoms with Gasteiger partial charge in [-0.05, 0) is 6.92 Å². The van der Waals surface area contributed by atoms with Crippen LogP contribution in [0.3, 0.4) is 0 Å². The maximum Gasteiger partial charge on any atom is 0.345 e. The summed E-state index contributed by atoms with van der Waals surface area (Å²) in [6.45, 7) is 2.21. The van der Waals surface area contributed by atoms with E-state index in [9.17, 15) is 9.66 Å². The molecule has 8 heteroatoms. The van der Waals surface area contributed by atoms with Crippen molar-refractivity contribution in [1.29, 1.82) is 5.26 Å². The average Bonchev–Trinajstić information content (AvgIpc) is 2.41. The summed E-state index contributed by atoms with van der Waals surface area (Å²) in [4.78, 5) is 7.83. The van der Waals surface area contributed by atoms with Crippen LogP contribution in [0.5, 0.6) is 5.88 Å². The molecule has 2 rings (SSSR count). The van der Waals surface area contributed by atoms with Gasteiger partial charge in [-0.2, -0.15) is 10.2 Å². The van der Waals surface area contributed by atoms with Gasteiger partial charge in [-0.3, -0.25) is 0 Å². The highest BCUT2D eigenvalue weighted by atomic mass is 32.2. The Balaban J connectivity index is 2.27. The molecule has 7 nitrogen and oxygen atoms in total. The quantitative estimate of drug-likeness (QED) is 0.617. The van der Waals surface area contributed by atoms with Gasteiger partial charge < -0.3 is 19.1 Å². The Bertz CT molecular complexity index is 530. The molecule has 1 aliphatic rings. The zero-order chi connectivity index (χ0) is 14.8. The van der Waals surface area contributed by atoms with E-state index < -0.39 is 22.9 Å². The van der Waals surface area contributed by atoms with E-state index in [0.717, 1.165) is 0 Å². The van der Waals surface area contributed by atoms with E-state index in [2.05, 4.69) is 9.97 Å². The molecule has 0 aromatic carbocycles. The van der Waals surface area contributed by atoms with Gasteiger partial charge in [0.25, 0.3) is 0 Å². The fraction of sp³-hybridized carbons (Fsp3) is 0.583. The average molecular weight is 297 g/mol. The van der Waals surface area contributed by atoms with Crippen LogP contribution in [-0.2, 0) is 15.9 Å². The topological polar surface area (TPSA) is 111 Å². The summed E-state index contributed by atoms with van der Waals surface area (Å²) in [7, 11) is 0. The van der Waals surface area contributed by atoms with Crippen LogP contribution in [0.25, 0.3) is 0 Å². The van der Waals surface area contributed by atoms with Gasteiger partial charge in [0.15, 0.2) is 0 Å². The van der Waals surface area contributed by atoms with Gasteiger partial charge >= 0.3 is 5.16 Å². The van der Waals surface area contributed by atoms with Crippen molar-refractivity contribution in [2.75, 3.05) is 19.5 Å². The highest BCUT2D eigenvalue weighted by Gasteiger charge is 2.38. The zero-order valence-electron chi connectivity index (χ0n) is 11.2. The van der Waals surface area contributed by atoms with Crippen LogP contribution in [-0.4, -0.2) is 50.8 Å². The monoisotopic (exact) mass is 297 g/mol. The van der Waals surface area contributed by atoms with Crippen molar-refractivity contribution in [2.24, 2.45) is 0 Å². The van der Waals surface area contributed by atoms with Crippen molar-refractivity contribution in [1.82, 2.24) is 9.97 Å². The highest BCUT2D eigenvalue weighted by molar-refractivity contribution is 7.90. The number of aromatic nitrogens is 2. The number of nitrogens with zero attached hydrogens (tertiary/aromatic N) is 3. The molecule has 1 aliphatic heterocycles. The number of aliphatic hydroxyl groups is 1. The third-order valence-corrected chi connectivity index (χ3v) is 3.69. The lowest BCUT2D eigenvalue weighted by molar-refractivity contribution is -0.140. The van der Waals surface area contributed by atoms with Crippen molar-refractivity contribution in [3.05, 3.63) is 11.8 Å². The predicted octanol–water partition coefficient (Wildman–Crippen LogP) is 0.00438. The second kappa shape index (κ2) is 5.93. The molecule has 0 spiro atoms. The van der Waals surface area contributed by atoms with Crippen molar-refractivity contribution in [3.8, 4) is 11.9 Å². The molecule has 0 amide bonds. The SMILES string of the molecule is C[S+]([O-])c1ncc(C#N)c(OC2CCOCC2(C)O)n1. The molecule has 0 radical (unpaired) electrons. The van der Waals surface area contributed by atoms with Crippen molar-refractivity contribution >= 4 is 11.2 Å². The first-order valence-electron chi connectivity index (χ1n) is 6.01. The Morgan fingerprint density at radius 3 is 3.05 bits per heavy atom. The highest BCUT2D eigenvalue weighted by Crippen LogP contribution is 2.26. The summed E-state index contributed by atoms with van der Waals surface area (Å²) in [5, 5.41) is 19.3. The van der Waals surface area contributed by atoms with E-state index in [4.69, 9.17) is 14.7 Å². The van der Waals surface area contributed by atoms with Crippen LogP contribution in [0, 0.1) is 11.3 Å². The first kappa shape index (κ1) is 15.0. The number of nitriles is 1. The smallest absolute Gasteiger partial charge is 0.345 e. The maximum absolute atomic E-state index is 11.4. The fourth-order valence-corrected chi connectivity index (χ4v) is 2.26. The molecule has 20 heavy (non-hydrogen) atoms. The molecule has 2 heterocycles. The maximum atomic E-state index is 11.4. The van der Waals surface area contributed by atoms with E-state index in [-0.39, 0.29) is 23.2 Å². The number of rotatable bonds is 3. The van der Waals surface area contributed by atoms with Crippen molar-refractivity contribution in [3.63, 3.8) is 0 Å². The molecule has 0 aliphatic carbocycles. The van der Waals surface area contributed by atoms with Crippen LogP contribution in [0.4, 0.5) is 0 Å². The molecule has 108 valence electrons. The van der Waals surface area contributed by atoms with Gasteiger partial charge in [0.05, 0.1) is 19.4 Å². The molecule has 3 unspecified atom stereocenters.